The topological polar surface area (TPSA) is 113 Å². The van der Waals surface area contributed by atoms with Gasteiger partial charge in [0.05, 0.1) is 24.3 Å². The Labute approximate surface area is 161 Å². The number of nitrogens with zero attached hydrogens (tertiary/aromatic N) is 1. The van der Waals surface area contributed by atoms with Crippen molar-refractivity contribution in [3.05, 3.63) is 60.2 Å². The van der Waals surface area contributed by atoms with Crippen molar-refractivity contribution in [2.45, 2.75) is 30.6 Å². The van der Waals surface area contributed by atoms with Crippen LogP contribution in [0.5, 0.6) is 5.75 Å². The predicted octanol–water partition coefficient (Wildman–Crippen LogP) is 1.61. The molecular weight excluding hydrogens is 362 g/mol. The highest BCUT2D eigenvalue weighted by molar-refractivity contribution is 5.89. The smallest absolute Gasteiger partial charge is 0.319 e. The average molecular weight is 381 g/mol. The SMILES string of the molecule is N#Cc1cccc(NC(=O)NC2C3COC(O3)C(Oc3ccccc3)C2O)c1. The summed E-state index contributed by atoms with van der Waals surface area (Å²) in [5.74, 6) is 0.570. The largest absolute Gasteiger partial charge is 0.482 e. The summed E-state index contributed by atoms with van der Waals surface area (Å²) in [4.78, 5) is 12.4. The summed E-state index contributed by atoms with van der Waals surface area (Å²) in [5, 5.41) is 25.1. The summed E-state index contributed by atoms with van der Waals surface area (Å²) >= 11 is 0. The molecular formula is C20H19N3O5. The van der Waals surface area contributed by atoms with E-state index in [0.29, 0.717) is 17.0 Å². The summed E-state index contributed by atoms with van der Waals surface area (Å²) in [6.07, 6.45) is -2.99. The second-order valence-corrected chi connectivity index (χ2v) is 6.58. The van der Waals surface area contributed by atoms with Crippen LogP contribution in [0.3, 0.4) is 0 Å². The second kappa shape index (κ2) is 7.86. The predicted molar refractivity (Wildman–Crippen MR) is 98.6 cm³/mol. The number of nitrogens with one attached hydrogen (secondary N) is 2. The number of rotatable bonds is 4. The standard InChI is InChI=1S/C20H19N3O5/c21-10-12-5-4-6-13(9-12)22-20(25)23-16-15-11-26-19(28-15)18(17(16)24)27-14-7-2-1-3-8-14/h1-9,15-19,24H,11H2,(H2,22,23,25). The van der Waals surface area contributed by atoms with Crippen molar-refractivity contribution in [2.24, 2.45) is 0 Å². The van der Waals surface area contributed by atoms with Crippen LogP contribution in [0.1, 0.15) is 5.56 Å². The number of carbonyl (C=O) groups is 1. The van der Waals surface area contributed by atoms with E-state index < -0.39 is 36.7 Å². The van der Waals surface area contributed by atoms with Crippen molar-refractivity contribution >= 4 is 11.7 Å². The molecule has 2 aliphatic rings. The lowest BCUT2D eigenvalue weighted by atomic mass is 9.98. The minimum absolute atomic E-state index is 0.241. The molecule has 5 atom stereocenters. The number of fused-ring (bicyclic) bond motifs is 2. The van der Waals surface area contributed by atoms with Crippen LogP contribution >= 0.6 is 0 Å². The highest BCUT2D eigenvalue weighted by Gasteiger charge is 2.52. The van der Waals surface area contributed by atoms with Crippen LogP contribution in [0, 0.1) is 11.3 Å². The number of carbonyl (C=O) groups excluding carboxylic acids is 1. The molecule has 8 heteroatoms. The monoisotopic (exact) mass is 381 g/mol. The molecule has 2 aliphatic heterocycles. The van der Waals surface area contributed by atoms with Gasteiger partial charge in [-0.25, -0.2) is 4.79 Å². The molecule has 2 heterocycles. The van der Waals surface area contributed by atoms with Gasteiger partial charge in [-0.15, -0.1) is 0 Å². The molecule has 2 amide bonds. The van der Waals surface area contributed by atoms with E-state index in [0.717, 1.165) is 0 Å². The number of ether oxygens (including phenoxy) is 3. The molecule has 2 aromatic carbocycles. The van der Waals surface area contributed by atoms with Gasteiger partial charge in [0.25, 0.3) is 0 Å². The van der Waals surface area contributed by atoms with Crippen LogP contribution in [-0.4, -0.2) is 48.4 Å². The van der Waals surface area contributed by atoms with Crippen LogP contribution in [-0.2, 0) is 9.47 Å². The van der Waals surface area contributed by atoms with Gasteiger partial charge < -0.3 is 30.0 Å². The van der Waals surface area contributed by atoms with Gasteiger partial charge in [0.15, 0.2) is 12.4 Å². The Balaban J connectivity index is 1.44. The lowest BCUT2D eigenvalue weighted by molar-refractivity contribution is -0.192. The van der Waals surface area contributed by atoms with Crippen LogP contribution in [0.25, 0.3) is 0 Å². The van der Waals surface area contributed by atoms with Crippen LogP contribution in [0.15, 0.2) is 54.6 Å². The normalized spacial score (nSPS) is 28.2. The molecule has 0 aromatic heterocycles. The molecule has 0 saturated carbocycles. The molecule has 5 unspecified atom stereocenters. The second-order valence-electron chi connectivity index (χ2n) is 6.58. The Morgan fingerprint density at radius 3 is 2.82 bits per heavy atom. The lowest BCUT2D eigenvalue weighted by Gasteiger charge is -2.38. The molecule has 28 heavy (non-hydrogen) atoms. The number of hydrogen-bond donors (Lipinski definition) is 3. The van der Waals surface area contributed by atoms with E-state index in [1.54, 1.807) is 36.4 Å². The number of amides is 2. The third-order valence-corrected chi connectivity index (χ3v) is 4.67. The fourth-order valence-electron chi connectivity index (χ4n) is 3.33. The first kappa shape index (κ1) is 18.3. The van der Waals surface area contributed by atoms with Crippen molar-refractivity contribution in [2.75, 3.05) is 11.9 Å². The molecule has 2 bridgehead atoms. The van der Waals surface area contributed by atoms with Gasteiger partial charge in [0.2, 0.25) is 0 Å². The molecule has 144 valence electrons. The molecule has 3 N–H and O–H groups in total. The Morgan fingerprint density at radius 2 is 2.04 bits per heavy atom. The van der Waals surface area contributed by atoms with Crippen molar-refractivity contribution in [1.29, 1.82) is 5.26 Å². The number of anilines is 1. The van der Waals surface area contributed by atoms with E-state index in [1.807, 2.05) is 24.3 Å². The summed E-state index contributed by atoms with van der Waals surface area (Å²) in [7, 11) is 0. The lowest BCUT2D eigenvalue weighted by Crippen LogP contribution is -2.62. The number of aliphatic hydroxyl groups excluding tert-OH is 1. The third kappa shape index (κ3) is 3.77. The summed E-state index contributed by atoms with van der Waals surface area (Å²) < 4.78 is 17.2. The zero-order chi connectivity index (χ0) is 19.5. The van der Waals surface area contributed by atoms with E-state index in [9.17, 15) is 9.90 Å². The van der Waals surface area contributed by atoms with Crippen molar-refractivity contribution < 1.29 is 24.1 Å². The Kier molecular flexibility index (Phi) is 5.12. The number of nitriles is 1. The molecule has 2 fully saturated rings. The molecule has 8 nitrogen and oxygen atoms in total. The van der Waals surface area contributed by atoms with Crippen molar-refractivity contribution in [3.8, 4) is 11.8 Å². The van der Waals surface area contributed by atoms with Crippen LogP contribution < -0.4 is 15.4 Å². The van der Waals surface area contributed by atoms with Gasteiger partial charge in [-0.05, 0) is 30.3 Å². The molecule has 0 radical (unpaired) electrons. The van der Waals surface area contributed by atoms with E-state index in [-0.39, 0.29) is 6.61 Å². The fraction of sp³-hybridized carbons (Fsp3) is 0.300. The van der Waals surface area contributed by atoms with Gasteiger partial charge in [-0.3, -0.25) is 0 Å². The van der Waals surface area contributed by atoms with E-state index in [2.05, 4.69) is 10.6 Å². The number of benzene rings is 2. The van der Waals surface area contributed by atoms with Gasteiger partial charge in [-0.1, -0.05) is 24.3 Å². The zero-order valence-corrected chi connectivity index (χ0v) is 14.8. The number of hydrogen-bond acceptors (Lipinski definition) is 6. The minimum atomic E-state index is -1.03. The van der Waals surface area contributed by atoms with Crippen LogP contribution in [0.2, 0.25) is 0 Å². The first-order valence-corrected chi connectivity index (χ1v) is 8.88. The highest BCUT2D eigenvalue weighted by atomic mass is 16.7. The Bertz CT molecular complexity index is 885. The van der Waals surface area contributed by atoms with E-state index in [1.165, 1.54) is 0 Å². The maximum absolute atomic E-state index is 12.4. The maximum atomic E-state index is 12.4. The fourth-order valence-corrected chi connectivity index (χ4v) is 3.33. The Hall–Kier alpha value is -3.12. The highest BCUT2D eigenvalue weighted by Crippen LogP contribution is 2.31. The zero-order valence-electron chi connectivity index (χ0n) is 14.8. The third-order valence-electron chi connectivity index (χ3n) is 4.67. The molecule has 0 spiro atoms. The van der Waals surface area contributed by atoms with Crippen molar-refractivity contribution in [1.82, 2.24) is 5.32 Å². The molecule has 2 aromatic rings. The number of aliphatic hydroxyl groups is 1. The quantitative estimate of drug-likeness (QED) is 0.742. The van der Waals surface area contributed by atoms with Gasteiger partial charge in [-0.2, -0.15) is 5.26 Å². The Morgan fingerprint density at radius 1 is 1.21 bits per heavy atom. The summed E-state index contributed by atoms with van der Waals surface area (Å²) in [5.41, 5.74) is 0.905. The van der Waals surface area contributed by atoms with Crippen LogP contribution in [0.4, 0.5) is 10.5 Å². The van der Waals surface area contributed by atoms with E-state index >= 15 is 0 Å². The summed E-state index contributed by atoms with van der Waals surface area (Å²) in [6.45, 7) is 0.241. The molecule has 2 saturated heterocycles. The first-order chi connectivity index (χ1) is 13.6. The van der Waals surface area contributed by atoms with Crippen molar-refractivity contribution in [3.63, 3.8) is 0 Å². The van der Waals surface area contributed by atoms with Gasteiger partial charge >= 0.3 is 6.03 Å². The maximum Gasteiger partial charge on any atom is 0.319 e. The first-order valence-electron chi connectivity index (χ1n) is 8.88. The number of para-hydroxylation sites is 1. The molecule has 0 aliphatic carbocycles. The average Bonchev–Trinajstić information content (AvgIpc) is 3.16. The van der Waals surface area contributed by atoms with Gasteiger partial charge in [0, 0.05) is 5.69 Å². The molecule has 4 rings (SSSR count). The number of urea groups is 1. The summed E-state index contributed by atoms with van der Waals surface area (Å²) in [6, 6.07) is 16.4. The minimum Gasteiger partial charge on any atom is -0.482 e. The van der Waals surface area contributed by atoms with Gasteiger partial charge in [0.1, 0.15) is 18.0 Å². The van der Waals surface area contributed by atoms with E-state index in [4.69, 9.17) is 19.5 Å².